The van der Waals surface area contributed by atoms with Crippen molar-refractivity contribution < 1.29 is 9.13 Å². The number of hydrogen-bond acceptors (Lipinski definition) is 2. The third-order valence-electron chi connectivity index (χ3n) is 2.76. The number of ether oxygens (including phenoxy) is 1. The van der Waals surface area contributed by atoms with Gasteiger partial charge in [-0.3, -0.25) is 0 Å². The van der Waals surface area contributed by atoms with Crippen LogP contribution >= 0.6 is 0 Å². The first kappa shape index (κ1) is 10.4. The van der Waals surface area contributed by atoms with Gasteiger partial charge >= 0.3 is 0 Å². The van der Waals surface area contributed by atoms with Crippen LogP contribution in [0.15, 0.2) is 24.3 Å². The molecule has 1 aliphatic heterocycles. The Morgan fingerprint density at radius 3 is 2.87 bits per heavy atom. The fraction of sp³-hybridized carbons (Fsp3) is 0.500. The number of nitrogens with one attached hydrogen (secondary N) is 1. The van der Waals surface area contributed by atoms with Crippen LogP contribution in [0, 0.1) is 11.7 Å². The molecular formula is C12H16FNO. The Morgan fingerprint density at radius 1 is 1.33 bits per heavy atom. The molecule has 1 fully saturated rings. The summed E-state index contributed by atoms with van der Waals surface area (Å²) in [5.41, 5.74) is 0.862. The molecule has 0 aliphatic carbocycles. The van der Waals surface area contributed by atoms with Crippen molar-refractivity contribution in [3.05, 3.63) is 30.1 Å². The van der Waals surface area contributed by atoms with Crippen LogP contribution in [0.4, 0.5) is 10.1 Å². The second kappa shape index (κ2) is 5.12. The molecule has 0 amide bonds. The average molecular weight is 209 g/mol. The SMILES string of the molecule is Fc1cccc(NCC2CCOCC2)c1. The fourth-order valence-corrected chi connectivity index (χ4v) is 1.81. The topological polar surface area (TPSA) is 21.3 Å². The highest BCUT2D eigenvalue weighted by Crippen LogP contribution is 2.16. The monoisotopic (exact) mass is 209 g/mol. The van der Waals surface area contributed by atoms with Crippen molar-refractivity contribution in [2.45, 2.75) is 12.8 Å². The van der Waals surface area contributed by atoms with E-state index >= 15 is 0 Å². The summed E-state index contributed by atoms with van der Waals surface area (Å²) in [4.78, 5) is 0. The lowest BCUT2D eigenvalue weighted by Crippen LogP contribution is -2.22. The average Bonchev–Trinajstić information content (AvgIpc) is 2.28. The van der Waals surface area contributed by atoms with Gasteiger partial charge in [0.1, 0.15) is 5.82 Å². The van der Waals surface area contributed by atoms with Crippen LogP contribution < -0.4 is 5.32 Å². The van der Waals surface area contributed by atoms with Gasteiger partial charge in [-0.05, 0) is 37.0 Å². The zero-order valence-corrected chi connectivity index (χ0v) is 8.71. The summed E-state index contributed by atoms with van der Waals surface area (Å²) in [5, 5.41) is 3.26. The van der Waals surface area contributed by atoms with Gasteiger partial charge in [0.2, 0.25) is 0 Å². The van der Waals surface area contributed by atoms with E-state index in [1.807, 2.05) is 6.07 Å². The predicted molar refractivity (Wildman–Crippen MR) is 58.4 cm³/mol. The van der Waals surface area contributed by atoms with Crippen molar-refractivity contribution in [3.63, 3.8) is 0 Å². The summed E-state index contributed by atoms with van der Waals surface area (Å²) in [6.07, 6.45) is 2.20. The quantitative estimate of drug-likeness (QED) is 0.826. The normalized spacial score (nSPS) is 17.7. The van der Waals surface area contributed by atoms with E-state index < -0.39 is 0 Å². The zero-order chi connectivity index (χ0) is 10.5. The Hall–Kier alpha value is -1.09. The van der Waals surface area contributed by atoms with E-state index in [0.717, 1.165) is 38.3 Å². The van der Waals surface area contributed by atoms with Crippen LogP contribution in [-0.4, -0.2) is 19.8 Å². The third-order valence-corrected chi connectivity index (χ3v) is 2.76. The molecule has 1 N–H and O–H groups in total. The van der Waals surface area contributed by atoms with Gasteiger partial charge < -0.3 is 10.1 Å². The first-order valence-corrected chi connectivity index (χ1v) is 5.42. The van der Waals surface area contributed by atoms with Gasteiger partial charge in [0.25, 0.3) is 0 Å². The maximum atomic E-state index is 12.9. The summed E-state index contributed by atoms with van der Waals surface area (Å²) < 4.78 is 18.2. The molecule has 2 nitrogen and oxygen atoms in total. The van der Waals surface area contributed by atoms with E-state index in [1.165, 1.54) is 12.1 Å². The Morgan fingerprint density at radius 2 is 2.13 bits per heavy atom. The molecule has 0 radical (unpaired) electrons. The predicted octanol–water partition coefficient (Wildman–Crippen LogP) is 2.66. The van der Waals surface area contributed by atoms with Gasteiger partial charge in [0, 0.05) is 25.4 Å². The molecule has 0 unspecified atom stereocenters. The van der Waals surface area contributed by atoms with Crippen molar-refractivity contribution in [3.8, 4) is 0 Å². The fourth-order valence-electron chi connectivity index (χ4n) is 1.81. The van der Waals surface area contributed by atoms with Gasteiger partial charge in [-0.1, -0.05) is 6.07 Å². The minimum atomic E-state index is -0.188. The lowest BCUT2D eigenvalue weighted by Gasteiger charge is -2.22. The second-order valence-corrected chi connectivity index (χ2v) is 3.95. The molecule has 0 spiro atoms. The van der Waals surface area contributed by atoms with Crippen molar-refractivity contribution in [1.82, 2.24) is 0 Å². The molecule has 3 heteroatoms. The number of hydrogen-bond donors (Lipinski definition) is 1. The maximum Gasteiger partial charge on any atom is 0.125 e. The molecule has 1 aliphatic rings. The molecule has 0 bridgehead atoms. The molecule has 1 aromatic rings. The van der Waals surface area contributed by atoms with E-state index in [2.05, 4.69) is 5.32 Å². The molecular weight excluding hydrogens is 193 g/mol. The molecule has 0 aromatic heterocycles. The summed E-state index contributed by atoms with van der Waals surface area (Å²) in [5.74, 6) is 0.467. The van der Waals surface area contributed by atoms with Gasteiger partial charge in [-0.25, -0.2) is 4.39 Å². The van der Waals surface area contributed by atoms with E-state index in [1.54, 1.807) is 6.07 Å². The smallest absolute Gasteiger partial charge is 0.125 e. The Labute approximate surface area is 89.4 Å². The van der Waals surface area contributed by atoms with Gasteiger partial charge in [-0.2, -0.15) is 0 Å². The molecule has 1 heterocycles. The summed E-state index contributed by atoms with van der Waals surface area (Å²) in [6.45, 7) is 2.62. The Balaban J connectivity index is 1.81. The van der Waals surface area contributed by atoms with Crippen molar-refractivity contribution in [1.29, 1.82) is 0 Å². The van der Waals surface area contributed by atoms with Crippen LogP contribution in [0.3, 0.4) is 0 Å². The number of anilines is 1. The van der Waals surface area contributed by atoms with Crippen LogP contribution in [0.2, 0.25) is 0 Å². The van der Waals surface area contributed by atoms with Crippen LogP contribution in [0.5, 0.6) is 0 Å². The van der Waals surface area contributed by atoms with Gasteiger partial charge in [0.05, 0.1) is 0 Å². The lowest BCUT2D eigenvalue weighted by atomic mass is 10.0. The largest absolute Gasteiger partial charge is 0.385 e. The van der Waals surface area contributed by atoms with E-state index in [0.29, 0.717) is 5.92 Å². The summed E-state index contributed by atoms with van der Waals surface area (Å²) in [6, 6.07) is 6.60. The standard InChI is InChI=1S/C12H16FNO/c13-11-2-1-3-12(8-11)14-9-10-4-6-15-7-5-10/h1-3,8,10,14H,4-7,9H2. The molecule has 1 aromatic carbocycles. The van der Waals surface area contributed by atoms with Crippen LogP contribution in [0.1, 0.15) is 12.8 Å². The highest BCUT2D eigenvalue weighted by molar-refractivity contribution is 5.42. The maximum absolute atomic E-state index is 12.9. The first-order chi connectivity index (χ1) is 7.34. The van der Waals surface area contributed by atoms with Crippen molar-refractivity contribution >= 4 is 5.69 Å². The van der Waals surface area contributed by atoms with Crippen molar-refractivity contribution in [2.75, 3.05) is 25.1 Å². The molecule has 2 rings (SSSR count). The third kappa shape index (κ3) is 3.20. The Kier molecular flexibility index (Phi) is 3.56. The second-order valence-electron chi connectivity index (χ2n) is 3.95. The van der Waals surface area contributed by atoms with Crippen LogP contribution in [-0.2, 0) is 4.74 Å². The van der Waals surface area contributed by atoms with E-state index in [4.69, 9.17) is 4.74 Å². The van der Waals surface area contributed by atoms with Gasteiger partial charge in [0.15, 0.2) is 0 Å². The molecule has 15 heavy (non-hydrogen) atoms. The molecule has 82 valence electrons. The molecule has 1 saturated heterocycles. The van der Waals surface area contributed by atoms with Gasteiger partial charge in [-0.15, -0.1) is 0 Å². The summed E-state index contributed by atoms with van der Waals surface area (Å²) in [7, 11) is 0. The van der Waals surface area contributed by atoms with E-state index in [9.17, 15) is 4.39 Å². The number of halogens is 1. The first-order valence-electron chi connectivity index (χ1n) is 5.42. The minimum absolute atomic E-state index is 0.188. The van der Waals surface area contributed by atoms with Crippen molar-refractivity contribution in [2.24, 2.45) is 5.92 Å². The lowest BCUT2D eigenvalue weighted by molar-refractivity contribution is 0.0699. The zero-order valence-electron chi connectivity index (χ0n) is 8.71. The number of rotatable bonds is 3. The molecule has 0 atom stereocenters. The highest BCUT2D eigenvalue weighted by atomic mass is 19.1. The van der Waals surface area contributed by atoms with Crippen LogP contribution in [0.25, 0.3) is 0 Å². The number of benzene rings is 1. The molecule has 0 saturated carbocycles. The summed E-state index contributed by atoms with van der Waals surface area (Å²) >= 11 is 0. The Bertz CT molecular complexity index is 310. The highest BCUT2D eigenvalue weighted by Gasteiger charge is 2.12. The van der Waals surface area contributed by atoms with E-state index in [-0.39, 0.29) is 5.82 Å². The minimum Gasteiger partial charge on any atom is -0.385 e.